The molecule has 2 heterocycles. The summed E-state index contributed by atoms with van der Waals surface area (Å²) >= 11 is 1.70. The van der Waals surface area contributed by atoms with Crippen molar-refractivity contribution in [2.75, 3.05) is 12.4 Å². The summed E-state index contributed by atoms with van der Waals surface area (Å²) in [5.74, 6) is 1.96. The van der Waals surface area contributed by atoms with Gasteiger partial charge in [0.25, 0.3) is 0 Å². The minimum atomic E-state index is 0.352. The van der Waals surface area contributed by atoms with Crippen molar-refractivity contribution in [1.82, 2.24) is 15.0 Å². The fourth-order valence-electron chi connectivity index (χ4n) is 3.11. The average molecular weight is 417 g/mol. The average Bonchev–Trinajstić information content (AvgIpc) is 2.76. The van der Waals surface area contributed by atoms with Gasteiger partial charge < -0.3 is 10.1 Å². The summed E-state index contributed by atoms with van der Waals surface area (Å²) in [6.45, 7) is 6.34. The van der Waals surface area contributed by atoms with Gasteiger partial charge in [0, 0.05) is 15.5 Å². The van der Waals surface area contributed by atoms with E-state index in [1.807, 2.05) is 24.3 Å². The normalized spacial score (nSPS) is 11.1. The Kier molecular flexibility index (Phi) is 5.86. The molecule has 5 nitrogen and oxygen atoms in total. The molecule has 2 aromatic carbocycles. The third-order valence-electron chi connectivity index (χ3n) is 4.79. The Morgan fingerprint density at radius 1 is 0.967 bits per heavy atom. The number of aryl methyl sites for hydroxylation is 1. The van der Waals surface area contributed by atoms with Gasteiger partial charge in [0.1, 0.15) is 17.9 Å². The molecule has 0 fully saturated rings. The summed E-state index contributed by atoms with van der Waals surface area (Å²) in [6, 6.07) is 18.5. The van der Waals surface area contributed by atoms with Crippen LogP contribution in [0.25, 0.3) is 11.0 Å². The van der Waals surface area contributed by atoms with Gasteiger partial charge in [-0.05, 0) is 66.9 Å². The van der Waals surface area contributed by atoms with Gasteiger partial charge in [0.05, 0.1) is 18.2 Å². The summed E-state index contributed by atoms with van der Waals surface area (Å²) in [5.41, 5.74) is 3.91. The van der Waals surface area contributed by atoms with E-state index in [0.717, 1.165) is 38.1 Å². The SMILES string of the molecule is COc1ccc(Sc2ccc(C)cc2Nc2ncnc3nc(C(C)C)ccc23)cc1. The van der Waals surface area contributed by atoms with Gasteiger partial charge >= 0.3 is 0 Å². The molecule has 1 N–H and O–H groups in total. The van der Waals surface area contributed by atoms with E-state index in [1.54, 1.807) is 25.2 Å². The molecular weight excluding hydrogens is 392 g/mol. The number of ether oxygens (including phenoxy) is 1. The number of hydrogen-bond acceptors (Lipinski definition) is 6. The Morgan fingerprint density at radius 2 is 1.77 bits per heavy atom. The van der Waals surface area contributed by atoms with Crippen LogP contribution >= 0.6 is 11.8 Å². The summed E-state index contributed by atoms with van der Waals surface area (Å²) < 4.78 is 5.26. The van der Waals surface area contributed by atoms with E-state index in [-0.39, 0.29) is 0 Å². The number of pyridine rings is 1. The van der Waals surface area contributed by atoms with E-state index in [9.17, 15) is 0 Å². The Morgan fingerprint density at radius 3 is 2.50 bits per heavy atom. The number of benzene rings is 2. The lowest BCUT2D eigenvalue weighted by atomic mass is 10.1. The molecule has 6 heteroatoms. The maximum Gasteiger partial charge on any atom is 0.164 e. The first-order valence-electron chi connectivity index (χ1n) is 9.84. The molecular formula is C24H24N4OS. The first kappa shape index (κ1) is 20.2. The van der Waals surface area contributed by atoms with Gasteiger partial charge in [-0.2, -0.15) is 0 Å². The smallest absolute Gasteiger partial charge is 0.164 e. The predicted octanol–water partition coefficient (Wildman–Crippen LogP) is 6.36. The quantitative estimate of drug-likeness (QED) is 0.395. The van der Waals surface area contributed by atoms with Crippen molar-refractivity contribution >= 4 is 34.3 Å². The summed E-state index contributed by atoms with van der Waals surface area (Å²) in [5, 5.41) is 4.42. The van der Waals surface area contributed by atoms with Crippen molar-refractivity contribution in [3.8, 4) is 5.75 Å². The van der Waals surface area contributed by atoms with Crippen LogP contribution in [-0.4, -0.2) is 22.1 Å². The van der Waals surface area contributed by atoms with E-state index in [0.29, 0.717) is 11.6 Å². The maximum atomic E-state index is 5.26. The number of rotatable bonds is 6. The zero-order valence-corrected chi connectivity index (χ0v) is 18.3. The number of methoxy groups -OCH3 is 1. The maximum absolute atomic E-state index is 5.26. The number of aromatic nitrogens is 3. The van der Waals surface area contributed by atoms with Gasteiger partial charge in [-0.1, -0.05) is 31.7 Å². The highest BCUT2D eigenvalue weighted by atomic mass is 32.2. The lowest BCUT2D eigenvalue weighted by Gasteiger charge is -2.14. The van der Waals surface area contributed by atoms with Gasteiger partial charge in [0.15, 0.2) is 5.65 Å². The van der Waals surface area contributed by atoms with E-state index in [1.165, 1.54) is 5.56 Å². The van der Waals surface area contributed by atoms with Crippen molar-refractivity contribution in [2.24, 2.45) is 0 Å². The third kappa shape index (κ3) is 4.39. The summed E-state index contributed by atoms with van der Waals surface area (Å²) in [4.78, 5) is 15.8. The first-order valence-corrected chi connectivity index (χ1v) is 10.7. The van der Waals surface area contributed by atoms with Gasteiger partial charge in [-0.15, -0.1) is 0 Å². The molecule has 0 radical (unpaired) electrons. The highest BCUT2D eigenvalue weighted by Gasteiger charge is 2.11. The molecule has 0 unspecified atom stereocenters. The van der Waals surface area contributed by atoms with Crippen LogP contribution in [0.1, 0.15) is 31.0 Å². The number of nitrogens with one attached hydrogen (secondary N) is 1. The van der Waals surface area contributed by atoms with Crippen LogP contribution in [0.2, 0.25) is 0 Å². The Hall–Kier alpha value is -3.12. The highest BCUT2D eigenvalue weighted by Crippen LogP contribution is 2.36. The molecule has 0 aliphatic carbocycles. The molecule has 0 atom stereocenters. The largest absolute Gasteiger partial charge is 0.497 e. The number of nitrogens with zero attached hydrogens (tertiary/aromatic N) is 3. The second-order valence-electron chi connectivity index (χ2n) is 7.39. The standard InChI is InChI=1S/C24H24N4OS/c1-15(2)20-11-10-19-23(27-20)25-14-26-24(19)28-21-13-16(3)5-12-22(21)30-18-8-6-17(29-4)7-9-18/h5-15H,1-4H3,(H,25,26,27,28). The fourth-order valence-corrected chi connectivity index (χ4v) is 3.99. The molecule has 0 saturated carbocycles. The number of fused-ring (bicyclic) bond motifs is 1. The lowest BCUT2D eigenvalue weighted by molar-refractivity contribution is 0.414. The van der Waals surface area contributed by atoms with Crippen LogP contribution in [0.4, 0.5) is 11.5 Å². The van der Waals surface area contributed by atoms with Crippen LogP contribution < -0.4 is 10.1 Å². The van der Waals surface area contributed by atoms with Crippen molar-refractivity contribution < 1.29 is 4.74 Å². The van der Waals surface area contributed by atoms with E-state index < -0.39 is 0 Å². The second-order valence-corrected chi connectivity index (χ2v) is 8.50. The van der Waals surface area contributed by atoms with Crippen LogP contribution in [0.5, 0.6) is 5.75 Å². The third-order valence-corrected chi connectivity index (χ3v) is 5.87. The van der Waals surface area contributed by atoms with E-state index >= 15 is 0 Å². The van der Waals surface area contributed by atoms with Crippen molar-refractivity contribution in [3.63, 3.8) is 0 Å². The Bertz CT molecular complexity index is 1180. The van der Waals surface area contributed by atoms with Gasteiger partial charge in [0.2, 0.25) is 0 Å². The molecule has 0 amide bonds. The summed E-state index contributed by atoms with van der Waals surface area (Å²) in [7, 11) is 1.68. The number of hydrogen-bond donors (Lipinski definition) is 1. The van der Waals surface area contributed by atoms with Crippen molar-refractivity contribution in [1.29, 1.82) is 0 Å². The molecule has 0 aliphatic heterocycles. The van der Waals surface area contributed by atoms with Crippen LogP contribution in [0, 0.1) is 6.92 Å². The molecule has 2 aromatic heterocycles. The van der Waals surface area contributed by atoms with Gasteiger partial charge in [-0.3, -0.25) is 0 Å². The van der Waals surface area contributed by atoms with Crippen LogP contribution in [0.15, 0.2) is 70.7 Å². The van der Waals surface area contributed by atoms with E-state index in [2.05, 4.69) is 66.4 Å². The zero-order valence-electron chi connectivity index (χ0n) is 17.5. The second kappa shape index (κ2) is 8.71. The van der Waals surface area contributed by atoms with E-state index in [4.69, 9.17) is 9.72 Å². The predicted molar refractivity (Wildman–Crippen MR) is 123 cm³/mol. The molecule has 4 aromatic rings. The molecule has 0 saturated heterocycles. The van der Waals surface area contributed by atoms with Crippen molar-refractivity contribution in [2.45, 2.75) is 36.5 Å². The van der Waals surface area contributed by atoms with Gasteiger partial charge in [-0.25, -0.2) is 15.0 Å². The first-order chi connectivity index (χ1) is 14.5. The Balaban J connectivity index is 1.68. The van der Waals surface area contributed by atoms with Crippen LogP contribution in [0.3, 0.4) is 0 Å². The van der Waals surface area contributed by atoms with Crippen molar-refractivity contribution in [3.05, 3.63) is 72.2 Å². The highest BCUT2D eigenvalue weighted by molar-refractivity contribution is 7.99. The summed E-state index contributed by atoms with van der Waals surface area (Å²) in [6.07, 6.45) is 1.56. The number of anilines is 2. The molecule has 152 valence electrons. The monoisotopic (exact) mass is 416 g/mol. The zero-order chi connectivity index (χ0) is 21.1. The topological polar surface area (TPSA) is 59.9 Å². The molecule has 0 aliphatic rings. The fraction of sp³-hybridized carbons (Fsp3) is 0.208. The molecule has 30 heavy (non-hydrogen) atoms. The van der Waals surface area contributed by atoms with Crippen LogP contribution in [-0.2, 0) is 0 Å². The minimum absolute atomic E-state index is 0.352. The molecule has 0 bridgehead atoms. The Labute approximate surface area is 180 Å². The lowest BCUT2D eigenvalue weighted by Crippen LogP contribution is -2.00. The molecule has 4 rings (SSSR count). The minimum Gasteiger partial charge on any atom is -0.497 e. The molecule has 0 spiro atoms.